The summed E-state index contributed by atoms with van der Waals surface area (Å²) >= 11 is 0. The molecule has 2 heterocycles. The first-order chi connectivity index (χ1) is 33.6. The van der Waals surface area contributed by atoms with Crippen molar-refractivity contribution in [2.24, 2.45) is 0 Å². The molecule has 14 heteroatoms. The number of aliphatic hydroxyl groups excluding tert-OH is 7. The number of hydrogen-bond acceptors (Lipinski definition) is 14. The molecule has 2 fully saturated rings. The van der Waals surface area contributed by atoms with E-state index in [1.54, 1.807) is 0 Å². The van der Waals surface area contributed by atoms with Crippen LogP contribution in [0.5, 0.6) is 0 Å². The van der Waals surface area contributed by atoms with Gasteiger partial charge >= 0.3 is 5.97 Å². The van der Waals surface area contributed by atoms with Crippen LogP contribution in [-0.2, 0) is 33.2 Å². The first kappa shape index (κ1) is 64.1. The van der Waals surface area contributed by atoms with E-state index < -0.39 is 80.7 Å². The number of carbonyl (C=O) groups excluding carboxylic acids is 1. The van der Waals surface area contributed by atoms with Crippen LogP contribution in [0, 0.1) is 0 Å². The third kappa shape index (κ3) is 30.7. The molecule has 0 aromatic heterocycles. The molecule has 0 radical (unpaired) electrons. The maximum absolute atomic E-state index is 13.1. The van der Waals surface area contributed by atoms with Crippen LogP contribution in [0.25, 0.3) is 0 Å². The van der Waals surface area contributed by atoms with E-state index in [1.165, 1.54) is 180 Å². The van der Waals surface area contributed by atoms with Gasteiger partial charge in [-0.05, 0) is 12.8 Å². The molecule has 14 nitrogen and oxygen atoms in total. The van der Waals surface area contributed by atoms with Gasteiger partial charge in [-0.2, -0.15) is 0 Å². The predicted octanol–water partition coefficient (Wildman–Crippen LogP) is 9.64. The summed E-state index contributed by atoms with van der Waals surface area (Å²) in [5.41, 5.74) is 0. The molecular weight excluding hydrogens is 885 g/mol. The van der Waals surface area contributed by atoms with Gasteiger partial charge in [0.25, 0.3) is 0 Å². The molecule has 0 saturated carbocycles. The van der Waals surface area contributed by atoms with Crippen molar-refractivity contribution < 1.29 is 69.0 Å². The smallest absolute Gasteiger partial charge is 0.306 e. The second kappa shape index (κ2) is 43.4. The lowest BCUT2D eigenvalue weighted by Crippen LogP contribution is -2.61. The van der Waals surface area contributed by atoms with Crippen LogP contribution in [0.2, 0.25) is 0 Å². The number of hydrogen-bond donors (Lipinski definition) is 7. The standard InChI is InChI=1S/C55H106O14/c1-3-5-7-9-11-13-15-17-19-21-22-24-26-28-30-32-34-36-38-47(57)67-44(41-64-39-37-35-33-31-29-27-25-23-20-18-16-14-12-10-8-6-4-2)42-65-54-53(63)51(61)49(59)46(69-54)43-66-55-52(62)50(60)48(58)45(40-56)68-55/h44-46,48-56,58-63H,3-43H2,1-2H3. The van der Waals surface area contributed by atoms with Gasteiger partial charge < -0.3 is 64.2 Å². The minimum atomic E-state index is -1.70. The Hall–Kier alpha value is -1.01. The van der Waals surface area contributed by atoms with Gasteiger partial charge in [-0.3, -0.25) is 4.79 Å². The van der Waals surface area contributed by atoms with E-state index in [0.29, 0.717) is 6.61 Å². The molecule has 0 aromatic rings. The Balaban J connectivity index is 1.72. The highest BCUT2D eigenvalue weighted by Gasteiger charge is 2.47. The second-order valence-corrected chi connectivity index (χ2v) is 20.5. The normalized spacial score (nSPS) is 25.6. The summed E-state index contributed by atoms with van der Waals surface area (Å²) in [5.74, 6) is -0.368. The van der Waals surface area contributed by atoms with E-state index >= 15 is 0 Å². The fraction of sp³-hybridized carbons (Fsp3) is 0.982. The van der Waals surface area contributed by atoms with E-state index in [9.17, 15) is 40.5 Å². The topological polar surface area (TPSA) is 214 Å². The van der Waals surface area contributed by atoms with Crippen LogP contribution >= 0.6 is 0 Å². The average Bonchev–Trinajstić information content (AvgIpc) is 3.35. The summed E-state index contributed by atoms with van der Waals surface area (Å²) in [5, 5.41) is 72.3. The predicted molar refractivity (Wildman–Crippen MR) is 271 cm³/mol. The zero-order valence-electron chi connectivity index (χ0n) is 43.8. The number of aliphatic hydroxyl groups is 7. The van der Waals surface area contributed by atoms with Crippen molar-refractivity contribution in [2.75, 3.05) is 33.0 Å². The quantitative estimate of drug-likeness (QED) is 0.0223. The van der Waals surface area contributed by atoms with E-state index in [1.807, 2.05) is 0 Å². The summed E-state index contributed by atoms with van der Waals surface area (Å²) < 4.78 is 34.4. The van der Waals surface area contributed by atoms with E-state index in [4.69, 9.17) is 28.4 Å². The lowest BCUT2D eigenvalue weighted by atomic mass is 9.98. The lowest BCUT2D eigenvalue weighted by molar-refractivity contribution is -0.332. The monoisotopic (exact) mass is 991 g/mol. The fourth-order valence-corrected chi connectivity index (χ4v) is 9.46. The largest absolute Gasteiger partial charge is 0.457 e. The van der Waals surface area contributed by atoms with Crippen LogP contribution in [0.15, 0.2) is 0 Å². The average molecular weight is 991 g/mol. The molecule has 0 aliphatic carbocycles. The Morgan fingerprint density at radius 1 is 0.420 bits per heavy atom. The minimum absolute atomic E-state index is 0.0708. The zero-order valence-corrected chi connectivity index (χ0v) is 43.8. The Bertz CT molecular complexity index is 1150. The Morgan fingerprint density at radius 2 is 0.768 bits per heavy atom. The summed E-state index contributed by atoms with van der Waals surface area (Å²) in [4.78, 5) is 13.1. The molecule has 410 valence electrons. The third-order valence-electron chi connectivity index (χ3n) is 14.1. The molecule has 0 bridgehead atoms. The number of esters is 1. The maximum Gasteiger partial charge on any atom is 0.306 e. The highest BCUT2D eigenvalue weighted by molar-refractivity contribution is 5.69. The van der Waals surface area contributed by atoms with Crippen molar-refractivity contribution in [3.63, 3.8) is 0 Å². The minimum Gasteiger partial charge on any atom is -0.457 e. The van der Waals surface area contributed by atoms with Crippen molar-refractivity contribution >= 4 is 5.97 Å². The van der Waals surface area contributed by atoms with Crippen LogP contribution in [0.4, 0.5) is 0 Å². The van der Waals surface area contributed by atoms with Gasteiger partial charge in [-0.15, -0.1) is 0 Å². The van der Waals surface area contributed by atoms with Gasteiger partial charge in [0.2, 0.25) is 0 Å². The van der Waals surface area contributed by atoms with Gasteiger partial charge in [-0.1, -0.05) is 226 Å². The molecule has 2 aliphatic heterocycles. The lowest BCUT2D eigenvalue weighted by Gasteiger charge is -2.42. The fourth-order valence-electron chi connectivity index (χ4n) is 9.46. The Morgan fingerprint density at radius 3 is 1.17 bits per heavy atom. The molecule has 2 saturated heterocycles. The Kier molecular flexibility index (Phi) is 40.3. The molecule has 7 N–H and O–H groups in total. The van der Waals surface area contributed by atoms with Gasteiger partial charge in [0.1, 0.15) is 54.9 Å². The Labute approximate surface area is 419 Å². The third-order valence-corrected chi connectivity index (χ3v) is 14.1. The molecule has 69 heavy (non-hydrogen) atoms. The summed E-state index contributed by atoms with van der Waals surface area (Å²) in [6.45, 7) is 3.76. The first-order valence-electron chi connectivity index (χ1n) is 28.6. The second-order valence-electron chi connectivity index (χ2n) is 20.5. The molecule has 0 amide bonds. The molecule has 11 atom stereocenters. The van der Waals surface area contributed by atoms with E-state index in [2.05, 4.69) is 13.8 Å². The number of unbranched alkanes of at least 4 members (excludes halogenated alkanes) is 33. The molecule has 0 spiro atoms. The van der Waals surface area contributed by atoms with E-state index in [0.717, 1.165) is 44.9 Å². The van der Waals surface area contributed by atoms with Crippen LogP contribution < -0.4 is 0 Å². The van der Waals surface area contributed by atoms with Crippen molar-refractivity contribution in [2.45, 2.75) is 313 Å². The molecule has 0 aromatic carbocycles. The van der Waals surface area contributed by atoms with Crippen LogP contribution in [0.1, 0.15) is 245 Å². The van der Waals surface area contributed by atoms with Gasteiger partial charge in [0, 0.05) is 13.0 Å². The van der Waals surface area contributed by atoms with Gasteiger partial charge in [-0.25, -0.2) is 0 Å². The van der Waals surface area contributed by atoms with Crippen molar-refractivity contribution in [3.8, 4) is 0 Å². The summed E-state index contributed by atoms with van der Waals surface area (Å²) in [6, 6.07) is 0. The molecular formula is C55H106O14. The highest BCUT2D eigenvalue weighted by Crippen LogP contribution is 2.27. The summed E-state index contributed by atoms with van der Waals surface area (Å²) in [6.07, 6.45) is 28.7. The molecule has 2 rings (SSSR count). The summed E-state index contributed by atoms with van der Waals surface area (Å²) in [7, 11) is 0. The van der Waals surface area contributed by atoms with Crippen molar-refractivity contribution in [1.82, 2.24) is 0 Å². The van der Waals surface area contributed by atoms with Gasteiger partial charge in [0.15, 0.2) is 12.6 Å². The molecule has 11 unspecified atom stereocenters. The highest BCUT2D eigenvalue weighted by atomic mass is 16.7. The van der Waals surface area contributed by atoms with Crippen LogP contribution in [-0.4, -0.2) is 142 Å². The van der Waals surface area contributed by atoms with Crippen molar-refractivity contribution in [3.05, 3.63) is 0 Å². The number of rotatable bonds is 47. The SMILES string of the molecule is CCCCCCCCCCCCCCCCCCCCC(=O)OC(COCCCCCCCCCCCCCCCCCCC)COC1OC(COC2OC(CO)C(O)C(O)C2O)C(O)C(O)C1O. The molecule has 2 aliphatic rings. The maximum atomic E-state index is 13.1. The van der Waals surface area contributed by atoms with Crippen LogP contribution in [0.3, 0.4) is 0 Å². The zero-order chi connectivity index (χ0) is 50.2. The number of ether oxygens (including phenoxy) is 6. The van der Waals surface area contributed by atoms with Gasteiger partial charge in [0.05, 0.1) is 26.4 Å². The first-order valence-corrected chi connectivity index (χ1v) is 28.6. The van der Waals surface area contributed by atoms with E-state index in [-0.39, 0.29) is 25.6 Å². The van der Waals surface area contributed by atoms with Crippen molar-refractivity contribution in [1.29, 1.82) is 0 Å². The number of carbonyl (C=O) groups is 1.